The van der Waals surface area contributed by atoms with Crippen LogP contribution in [0.15, 0.2) is 36.4 Å². The van der Waals surface area contributed by atoms with E-state index in [2.05, 4.69) is 15.0 Å². The van der Waals surface area contributed by atoms with Gasteiger partial charge in [-0.05, 0) is 0 Å². The highest BCUT2D eigenvalue weighted by atomic mass is 15.0. The van der Waals surface area contributed by atoms with Crippen LogP contribution in [0.3, 0.4) is 0 Å². The summed E-state index contributed by atoms with van der Waals surface area (Å²) in [6, 6.07) is 11.3. The zero-order valence-corrected chi connectivity index (χ0v) is 10.0. The van der Waals surface area contributed by atoms with Crippen LogP contribution in [0.2, 0.25) is 0 Å². The van der Waals surface area contributed by atoms with Crippen LogP contribution >= 0.6 is 0 Å². The molecule has 1 aromatic carbocycles. The lowest BCUT2D eigenvalue weighted by Crippen LogP contribution is -2.03. The Morgan fingerprint density at radius 1 is 0.842 bits per heavy atom. The fourth-order valence-electron chi connectivity index (χ4n) is 2.02. The molecule has 0 saturated carbocycles. The van der Waals surface area contributed by atoms with E-state index in [1.165, 1.54) is 0 Å². The number of hydrogen-bond donors (Lipinski definition) is 3. The molecule has 0 aliphatic heterocycles. The molecular formula is C13H12N6. The lowest BCUT2D eigenvalue weighted by Gasteiger charge is -2.09. The van der Waals surface area contributed by atoms with Gasteiger partial charge in [-0.3, -0.25) is 0 Å². The summed E-state index contributed by atoms with van der Waals surface area (Å²) in [7, 11) is 0. The molecule has 0 spiro atoms. The molecule has 19 heavy (non-hydrogen) atoms. The van der Waals surface area contributed by atoms with E-state index in [0.717, 1.165) is 5.56 Å². The number of nitrogens with two attached hydrogens (primary N) is 3. The van der Waals surface area contributed by atoms with Crippen LogP contribution in [-0.4, -0.2) is 15.0 Å². The highest BCUT2D eigenvalue weighted by molar-refractivity contribution is 6.00. The van der Waals surface area contributed by atoms with Gasteiger partial charge in [-0.15, -0.1) is 0 Å². The molecular weight excluding hydrogens is 240 g/mol. The minimum absolute atomic E-state index is 0.120. The van der Waals surface area contributed by atoms with Gasteiger partial charge < -0.3 is 17.2 Å². The van der Waals surface area contributed by atoms with Gasteiger partial charge in [0.25, 0.3) is 0 Å². The number of nitrogen functional groups attached to an aromatic ring is 3. The maximum atomic E-state index is 5.93. The third-order valence-electron chi connectivity index (χ3n) is 2.79. The predicted molar refractivity (Wildman–Crippen MR) is 76.0 cm³/mol. The number of aromatic nitrogens is 3. The van der Waals surface area contributed by atoms with E-state index in [0.29, 0.717) is 28.2 Å². The number of rotatable bonds is 1. The molecule has 0 unspecified atom stereocenters. The Bertz CT molecular complexity index is 749. The van der Waals surface area contributed by atoms with Gasteiger partial charge in [0.05, 0.1) is 16.6 Å². The molecule has 94 valence electrons. The third kappa shape index (κ3) is 1.89. The quantitative estimate of drug-likeness (QED) is 0.603. The van der Waals surface area contributed by atoms with E-state index in [4.69, 9.17) is 17.2 Å². The first-order valence-corrected chi connectivity index (χ1v) is 5.70. The first-order valence-electron chi connectivity index (χ1n) is 5.70. The second-order valence-electron chi connectivity index (χ2n) is 4.12. The molecule has 2 aromatic heterocycles. The van der Waals surface area contributed by atoms with Crippen molar-refractivity contribution in [2.24, 2.45) is 0 Å². The maximum absolute atomic E-state index is 5.93. The van der Waals surface area contributed by atoms with Crippen molar-refractivity contribution < 1.29 is 0 Å². The molecule has 0 aliphatic carbocycles. The summed E-state index contributed by atoms with van der Waals surface area (Å²) in [4.78, 5) is 12.5. The highest BCUT2D eigenvalue weighted by Gasteiger charge is 2.12. The summed E-state index contributed by atoms with van der Waals surface area (Å²) in [5.41, 5.74) is 19.5. The van der Waals surface area contributed by atoms with Crippen molar-refractivity contribution in [3.8, 4) is 11.3 Å². The van der Waals surface area contributed by atoms with E-state index in [1.807, 2.05) is 30.3 Å². The van der Waals surface area contributed by atoms with Gasteiger partial charge in [0, 0.05) is 11.6 Å². The molecule has 2 heterocycles. The van der Waals surface area contributed by atoms with Gasteiger partial charge in [-0.2, -0.15) is 4.98 Å². The van der Waals surface area contributed by atoms with E-state index in [9.17, 15) is 0 Å². The Labute approximate surface area is 109 Å². The number of hydrogen-bond acceptors (Lipinski definition) is 6. The zero-order chi connectivity index (χ0) is 13.4. The molecule has 0 radical (unpaired) electrons. The summed E-state index contributed by atoms with van der Waals surface area (Å²) in [6.45, 7) is 0. The molecule has 0 saturated heterocycles. The smallest absolute Gasteiger partial charge is 0.222 e. The molecule has 3 aromatic rings. The van der Waals surface area contributed by atoms with Crippen LogP contribution < -0.4 is 17.2 Å². The average molecular weight is 252 g/mol. The van der Waals surface area contributed by atoms with Crippen LogP contribution in [0, 0.1) is 0 Å². The summed E-state index contributed by atoms with van der Waals surface area (Å²) in [6.07, 6.45) is 0. The van der Waals surface area contributed by atoms with Crippen molar-refractivity contribution in [3.63, 3.8) is 0 Å². The first-order chi connectivity index (χ1) is 9.15. The number of anilines is 3. The van der Waals surface area contributed by atoms with Crippen molar-refractivity contribution in [2.45, 2.75) is 0 Å². The van der Waals surface area contributed by atoms with Crippen molar-refractivity contribution in [1.29, 1.82) is 0 Å². The topological polar surface area (TPSA) is 117 Å². The van der Waals surface area contributed by atoms with Crippen molar-refractivity contribution in [1.82, 2.24) is 15.0 Å². The number of nitrogens with zero attached hydrogens (tertiary/aromatic N) is 3. The second kappa shape index (κ2) is 4.09. The van der Waals surface area contributed by atoms with E-state index in [1.54, 1.807) is 6.07 Å². The van der Waals surface area contributed by atoms with Crippen LogP contribution in [0.25, 0.3) is 22.2 Å². The Kier molecular flexibility index (Phi) is 2.42. The van der Waals surface area contributed by atoms with Crippen LogP contribution in [0.4, 0.5) is 17.6 Å². The van der Waals surface area contributed by atoms with E-state index < -0.39 is 0 Å². The Morgan fingerprint density at radius 2 is 1.58 bits per heavy atom. The van der Waals surface area contributed by atoms with Crippen LogP contribution in [0.1, 0.15) is 0 Å². The van der Waals surface area contributed by atoms with Crippen molar-refractivity contribution in [2.75, 3.05) is 17.2 Å². The molecule has 0 fully saturated rings. The second-order valence-corrected chi connectivity index (χ2v) is 4.12. The molecule has 0 atom stereocenters. The van der Waals surface area contributed by atoms with Crippen molar-refractivity contribution >= 4 is 28.5 Å². The Hall–Kier alpha value is -2.89. The van der Waals surface area contributed by atoms with Gasteiger partial charge in [-0.1, -0.05) is 30.3 Å². The first kappa shape index (κ1) is 11.2. The summed E-state index contributed by atoms with van der Waals surface area (Å²) in [5.74, 6) is 0.785. The van der Waals surface area contributed by atoms with Crippen LogP contribution in [-0.2, 0) is 0 Å². The SMILES string of the molecule is Nc1cc2nc(N)nc(N)c2c(-c2ccccc2)n1. The minimum Gasteiger partial charge on any atom is -0.384 e. The third-order valence-corrected chi connectivity index (χ3v) is 2.79. The number of pyridine rings is 1. The molecule has 6 heteroatoms. The molecule has 3 rings (SSSR count). The Morgan fingerprint density at radius 3 is 2.32 bits per heavy atom. The number of fused-ring (bicyclic) bond motifs is 1. The lowest BCUT2D eigenvalue weighted by atomic mass is 10.1. The van der Waals surface area contributed by atoms with Crippen molar-refractivity contribution in [3.05, 3.63) is 36.4 Å². The van der Waals surface area contributed by atoms with Gasteiger partial charge in [0.1, 0.15) is 11.6 Å². The minimum atomic E-state index is 0.120. The van der Waals surface area contributed by atoms with E-state index in [-0.39, 0.29) is 5.95 Å². The fourth-order valence-corrected chi connectivity index (χ4v) is 2.02. The summed E-state index contributed by atoms with van der Waals surface area (Å²) < 4.78 is 0. The fraction of sp³-hybridized carbons (Fsp3) is 0. The molecule has 0 aliphatic rings. The molecule has 6 N–H and O–H groups in total. The highest BCUT2D eigenvalue weighted by Crippen LogP contribution is 2.30. The lowest BCUT2D eigenvalue weighted by molar-refractivity contribution is 1.23. The largest absolute Gasteiger partial charge is 0.384 e. The monoisotopic (exact) mass is 252 g/mol. The van der Waals surface area contributed by atoms with Gasteiger partial charge in [0.15, 0.2) is 0 Å². The van der Waals surface area contributed by atoms with E-state index >= 15 is 0 Å². The van der Waals surface area contributed by atoms with Gasteiger partial charge in [-0.25, -0.2) is 9.97 Å². The normalized spacial score (nSPS) is 10.7. The molecule has 6 nitrogen and oxygen atoms in total. The average Bonchev–Trinajstić information content (AvgIpc) is 2.38. The van der Waals surface area contributed by atoms with Gasteiger partial charge in [0.2, 0.25) is 5.95 Å². The van der Waals surface area contributed by atoms with Gasteiger partial charge >= 0.3 is 0 Å². The number of benzene rings is 1. The predicted octanol–water partition coefficient (Wildman–Crippen LogP) is 1.44. The van der Waals surface area contributed by atoms with Crippen LogP contribution in [0.5, 0.6) is 0 Å². The zero-order valence-electron chi connectivity index (χ0n) is 10.0. The standard InChI is InChI=1S/C13H12N6/c14-9-6-8-10(12(15)19-13(16)17-8)11(18-9)7-4-2-1-3-5-7/h1-6H,(H2,14,18)(H4,15,16,17,19). The summed E-state index contributed by atoms with van der Waals surface area (Å²) in [5, 5.41) is 0.662. The maximum Gasteiger partial charge on any atom is 0.222 e. The molecule has 0 bridgehead atoms. The summed E-state index contributed by atoms with van der Waals surface area (Å²) >= 11 is 0. The molecule has 0 amide bonds. The Balaban J connectivity index is 2.42.